The Hall–Kier alpha value is -0.0200. The van der Waals surface area contributed by atoms with E-state index in [2.05, 4.69) is 6.92 Å². The summed E-state index contributed by atoms with van der Waals surface area (Å²) < 4.78 is 0. The van der Waals surface area contributed by atoms with Gasteiger partial charge in [-0.15, -0.1) is 0 Å². The Labute approximate surface area is 54.6 Å². The summed E-state index contributed by atoms with van der Waals surface area (Å²) in [7, 11) is 0. The smallest absolute Gasteiger partial charge is 0.185 e. The van der Waals surface area contributed by atoms with Gasteiger partial charge in [-0.3, -0.25) is 4.79 Å². The van der Waals surface area contributed by atoms with Crippen LogP contribution < -0.4 is 6.15 Å². The summed E-state index contributed by atoms with van der Waals surface area (Å²) in [6, 6.07) is 0. The molecule has 0 bridgehead atoms. The van der Waals surface area contributed by atoms with Crippen molar-refractivity contribution in [2.45, 2.75) is 20.3 Å². The van der Waals surface area contributed by atoms with Crippen molar-refractivity contribution in [1.29, 1.82) is 0 Å². The number of hydrogen-bond donors (Lipinski definition) is 1. The quantitative estimate of drug-likeness (QED) is 0.628. The molecular weight excluding hydrogens is 122 g/mol. The standard InChI is InChI=1S/C5H10OS.H3N/c1-3-4-7-5(2)6;/h3-4H2,1-2H3;1H3. The molecule has 0 rings (SSSR count). The van der Waals surface area contributed by atoms with Gasteiger partial charge in [-0.25, -0.2) is 0 Å². The zero-order chi connectivity index (χ0) is 5.70. The molecule has 0 saturated carbocycles. The maximum absolute atomic E-state index is 10.2. The highest BCUT2D eigenvalue weighted by Gasteiger charge is 1.87. The molecule has 0 spiro atoms. The van der Waals surface area contributed by atoms with Crippen LogP contribution in [0.5, 0.6) is 0 Å². The van der Waals surface area contributed by atoms with E-state index in [0.29, 0.717) is 0 Å². The fourth-order valence-corrected chi connectivity index (χ4v) is 0.737. The van der Waals surface area contributed by atoms with Crippen molar-refractivity contribution >= 4 is 16.9 Å². The van der Waals surface area contributed by atoms with Crippen molar-refractivity contribution in [2.24, 2.45) is 0 Å². The van der Waals surface area contributed by atoms with Gasteiger partial charge in [0.1, 0.15) is 0 Å². The van der Waals surface area contributed by atoms with Crippen LogP contribution in [0.3, 0.4) is 0 Å². The molecule has 0 unspecified atom stereocenters. The highest BCUT2D eigenvalue weighted by molar-refractivity contribution is 8.13. The van der Waals surface area contributed by atoms with Crippen LogP contribution in [0.4, 0.5) is 0 Å². The van der Waals surface area contributed by atoms with Gasteiger partial charge < -0.3 is 6.15 Å². The van der Waals surface area contributed by atoms with Gasteiger partial charge >= 0.3 is 0 Å². The van der Waals surface area contributed by atoms with E-state index in [1.54, 1.807) is 6.92 Å². The molecule has 0 aromatic heterocycles. The number of rotatable bonds is 2. The minimum Gasteiger partial charge on any atom is -0.344 e. The van der Waals surface area contributed by atoms with Gasteiger partial charge in [0.25, 0.3) is 0 Å². The topological polar surface area (TPSA) is 52.1 Å². The maximum atomic E-state index is 10.2. The molecule has 0 aliphatic rings. The molecule has 0 aromatic rings. The minimum absolute atomic E-state index is 0. The second-order valence-electron chi connectivity index (χ2n) is 1.34. The van der Waals surface area contributed by atoms with E-state index in [9.17, 15) is 4.79 Å². The van der Waals surface area contributed by atoms with Crippen molar-refractivity contribution in [3.8, 4) is 0 Å². The van der Waals surface area contributed by atoms with Crippen LogP contribution in [0.2, 0.25) is 0 Å². The van der Waals surface area contributed by atoms with E-state index in [-0.39, 0.29) is 11.3 Å². The lowest BCUT2D eigenvalue weighted by Gasteiger charge is -1.86. The molecular formula is C5H13NOS. The van der Waals surface area contributed by atoms with E-state index in [1.807, 2.05) is 0 Å². The lowest BCUT2D eigenvalue weighted by Crippen LogP contribution is -1.81. The third-order valence-corrected chi connectivity index (χ3v) is 1.53. The Kier molecular flexibility index (Phi) is 9.49. The fourth-order valence-electron chi connectivity index (χ4n) is 0.246. The second-order valence-corrected chi connectivity index (χ2v) is 2.61. The Bertz CT molecular complexity index is 65.4. The minimum atomic E-state index is 0. The highest BCUT2D eigenvalue weighted by atomic mass is 32.2. The monoisotopic (exact) mass is 135 g/mol. The fraction of sp³-hybridized carbons (Fsp3) is 0.800. The van der Waals surface area contributed by atoms with Gasteiger partial charge in [-0.2, -0.15) is 0 Å². The average Bonchev–Trinajstić information content (AvgIpc) is 1.61. The van der Waals surface area contributed by atoms with E-state index >= 15 is 0 Å². The van der Waals surface area contributed by atoms with Crippen molar-refractivity contribution in [2.75, 3.05) is 5.75 Å². The van der Waals surface area contributed by atoms with Crippen molar-refractivity contribution in [3.63, 3.8) is 0 Å². The van der Waals surface area contributed by atoms with Crippen LogP contribution in [0, 0.1) is 0 Å². The molecule has 0 radical (unpaired) electrons. The van der Waals surface area contributed by atoms with E-state index in [0.717, 1.165) is 12.2 Å². The van der Waals surface area contributed by atoms with E-state index < -0.39 is 0 Å². The van der Waals surface area contributed by atoms with Crippen molar-refractivity contribution in [1.82, 2.24) is 6.15 Å². The molecule has 0 heterocycles. The molecule has 50 valence electrons. The Balaban J connectivity index is 0. The molecule has 0 atom stereocenters. The first-order valence-electron chi connectivity index (χ1n) is 2.40. The van der Waals surface area contributed by atoms with Crippen molar-refractivity contribution in [3.05, 3.63) is 0 Å². The normalized spacial score (nSPS) is 7.75. The van der Waals surface area contributed by atoms with Crippen LogP contribution in [0.15, 0.2) is 0 Å². The zero-order valence-corrected chi connectivity index (χ0v) is 6.25. The summed E-state index contributed by atoms with van der Waals surface area (Å²) in [4.78, 5) is 10.2. The highest BCUT2D eigenvalue weighted by Crippen LogP contribution is 2.00. The lowest BCUT2D eigenvalue weighted by molar-refractivity contribution is -0.109. The van der Waals surface area contributed by atoms with E-state index in [1.165, 1.54) is 11.8 Å². The predicted octanol–water partition coefficient (Wildman–Crippen LogP) is 1.84. The molecule has 8 heavy (non-hydrogen) atoms. The molecule has 3 N–H and O–H groups in total. The Morgan fingerprint density at radius 1 is 1.62 bits per heavy atom. The predicted molar refractivity (Wildman–Crippen MR) is 38.5 cm³/mol. The van der Waals surface area contributed by atoms with E-state index in [4.69, 9.17) is 0 Å². The molecule has 0 saturated heterocycles. The third kappa shape index (κ3) is 9.36. The number of carbonyl (C=O) groups excluding carboxylic acids is 1. The molecule has 0 aliphatic heterocycles. The molecule has 3 heteroatoms. The summed E-state index contributed by atoms with van der Waals surface area (Å²) in [5.41, 5.74) is 0. The third-order valence-electron chi connectivity index (χ3n) is 0.509. The number of thioether (sulfide) groups is 1. The Morgan fingerprint density at radius 3 is 2.25 bits per heavy atom. The number of carbonyl (C=O) groups is 1. The van der Waals surface area contributed by atoms with Crippen LogP contribution in [-0.2, 0) is 4.79 Å². The van der Waals surface area contributed by atoms with Gasteiger partial charge in [0, 0.05) is 12.7 Å². The summed E-state index contributed by atoms with van der Waals surface area (Å²) in [6.45, 7) is 3.66. The average molecular weight is 135 g/mol. The SMILES string of the molecule is CCCSC(C)=O.N. The first kappa shape index (κ1) is 10.9. The van der Waals surface area contributed by atoms with Crippen molar-refractivity contribution < 1.29 is 4.79 Å². The van der Waals surface area contributed by atoms with Gasteiger partial charge in [0.15, 0.2) is 5.12 Å². The summed E-state index contributed by atoms with van der Waals surface area (Å²) in [6.07, 6.45) is 1.09. The lowest BCUT2D eigenvalue weighted by atomic mass is 10.6. The van der Waals surface area contributed by atoms with Crippen LogP contribution in [-0.4, -0.2) is 10.9 Å². The van der Waals surface area contributed by atoms with Crippen LogP contribution in [0.1, 0.15) is 20.3 Å². The molecule has 0 fully saturated rings. The summed E-state index contributed by atoms with van der Waals surface area (Å²) in [5.74, 6) is 0.968. The van der Waals surface area contributed by atoms with Gasteiger partial charge in [-0.05, 0) is 6.42 Å². The van der Waals surface area contributed by atoms with Gasteiger partial charge in [0.2, 0.25) is 0 Å². The zero-order valence-electron chi connectivity index (χ0n) is 5.44. The molecule has 0 aromatic carbocycles. The maximum Gasteiger partial charge on any atom is 0.185 e. The number of hydrogen-bond acceptors (Lipinski definition) is 3. The molecule has 0 aliphatic carbocycles. The molecule has 0 amide bonds. The Morgan fingerprint density at radius 2 is 2.12 bits per heavy atom. The largest absolute Gasteiger partial charge is 0.344 e. The van der Waals surface area contributed by atoms with Crippen LogP contribution in [0.25, 0.3) is 0 Å². The van der Waals surface area contributed by atoms with Gasteiger partial charge in [-0.1, -0.05) is 18.7 Å². The first-order valence-corrected chi connectivity index (χ1v) is 3.39. The second kappa shape index (κ2) is 6.98. The first-order chi connectivity index (χ1) is 3.27. The summed E-state index contributed by atoms with van der Waals surface area (Å²) >= 11 is 1.39. The summed E-state index contributed by atoms with van der Waals surface area (Å²) in [5, 5.41) is 0.224. The van der Waals surface area contributed by atoms with Crippen LogP contribution >= 0.6 is 11.8 Å². The molecule has 2 nitrogen and oxygen atoms in total. The van der Waals surface area contributed by atoms with Gasteiger partial charge in [0.05, 0.1) is 0 Å².